The number of carbonyl (C=O) groups excluding carboxylic acids is 2. The molecular weight excluding hydrogens is 444 g/mol. The minimum absolute atomic E-state index is 0.0883. The maximum Gasteiger partial charge on any atom is 0.255 e. The fraction of sp³-hybridized carbons (Fsp3) is 0.259. The summed E-state index contributed by atoms with van der Waals surface area (Å²) < 4.78 is 5.41. The number of ether oxygens (including phenoxy) is 1. The van der Waals surface area contributed by atoms with Gasteiger partial charge in [-0.05, 0) is 79.7 Å². The van der Waals surface area contributed by atoms with Crippen LogP contribution in [0.3, 0.4) is 0 Å². The van der Waals surface area contributed by atoms with Crippen molar-refractivity contribution in [1.29, 1.82) is 0 Å². The summed E-state index contributed by atoms with van der Waals surface area (Å²) in [6, 6.07) is 21.2. The second kappa shape index (κ2) is 11.4. The molecule has 8 nitrogen and oxygen atoms in total. The molecule has 1 aliphatic heterocycles. The number of aromatic hydroxyl groups is 1. The topological polar surface area (TPSA) is 94.1 Å². The zero-order chi connectivity index (χ0) is 24.6. The Labute approximate surface area is 205 Å². The van der Waals surface area contributed by atoms with Crippen LogP contribution < -0.4 is 20.3 Å². The molecule has 1 saturated heterocycles. The quantitative estimate of drug-likeness (QED) is 0.460. The summed E-state index contributed by atoms with van der Waals surface area (Å²) in [5, 5.41) is 15.2. The molecule has 1 aliphatic rings. The van der Waals surface area contributed by atoms with E-state index in [2.05, 4.69) is 20.4 Å². The first-order chi connectivity index (χ1) is 17.0. The third-order valence-corrected chi connectivity index (χ3v) is 5.81. The Morgan fingerprint density at radius 2 is 1.43 bits per heavy atom. The molecule has 0 bridgehead atoms. The second-order valence-electron chi connectivity index (χ2n) is 8.32. The van der Waals surface area contributed by atoms with Gasteiger partial charge in [0, 0.05) is 48.8 Å². The van der Waals surface area contributed by atoms with Crippen LogP contribution in [0.4, 0.5) is 17.1 Å². The molecule has 3 aromatic carbocycles. The number of nitrogens with one attached hydrogen (secondary N) is 2. The van der Waals surface area contributed by atoms with E-state index in [1.54, 1.807) is 48.5 Å². The molecule has 0 spiro atoms. The lowest BCUT2D eigenvalue weighted by Gasteiger charge is -2.35. The molecule has 1 heterocycles. The maximum absolute atomic E-state index is 12.5. The van der Waals surface area contributed by atoms with E-state index in [4.69, 9.17) is 4.74 Å². The summed E-state index contributed by atoms with van der Waals surface area (Å²) >= 11 is 0. The highest BCUT2D eigenvalue weighted by atomic mass is 16.5. The Kier molecular flexibility index (Phi) is 7.84. The molecule has 3 N–H and O–H groups in total. The van der Waals surface area contributed by atoms with Gasteiger partial charge < -0.3 is 25.4 Å². The average molecular weight is 475 g/mol. The molecule has 0 aromatic heterocycles. The van der Waals surface area contributed by atoms with E-state index in [0.717, 1.165) is 37.6 Å². The molecule has 1 fully saturated rings. The van der Waals surface area contributed by atoms with Gasteiger partial charge in [-0.15, -0.1) is 0 Å². The van der Waals surface area contributed by atoms with Crippen molar-refractivity contribution in [3.05, 3.63) is 78.4 Å². The molecule has 0 atom stereocenters. The van der Waals surface area contributed by atoms with E-state index in [1.807, 2.05) is 31.2 Å². The number of benzene rings is 3. The van der Waals surface area contributed by atoms with Gasteiger partial charge >= 0.3 is 0 Å². The fourth-order valence-corrected chi connectivity index (χ4v) is 3.94. The zero-order valence-electron chi connectivity index (χ0n) is 19.7. The number of phenols is 1. The minimum Gasteiger partial charge on any atom is -0.508 e. The molecule has 8 heteroatoms. The number of hydrogen-bond donors (Lipinski definition) is 3. The summed E-state index contributed by atoms with van der Waals surface area (Å²) in [4.78, 5) is 29.4. The number of anilines is 3. The second-order valence-corrected chi connectivity index (χ2v) is 8.32. The van der Waals surface area contributed by atoms with Gasteiger partial charge in [-0.25, -0.2) is 0 Å². The highest BCUT2D eigenvalue weighted by Crippen LogP contribution is 2.20. The van der Waals surface area contributed by atoms with Crippen LogP contribution in [0.25, 0.3) is 0 Å². The molecule has 0 aliphatic carbocycles. The molecule has 0 radical (unpaired) electrons. The lowest BCUT2D eigenvalue weighted by molar-refractivity contribution is -0.117. The van der Waals surface area contributed by atoms with Gasteiger partial charge in [0.15, 0.2) is 0 Å². The molecule has 4 rings (SSSR count). The maximum atomic E-state index is 12.5. The third kappa shape index (κ3) is 6.74. The van der Waals surface area contributed by atoms with E-state index in [9.17, 15) is 14.7 Å². The standard InChI is InChI=1S/C27H30N4O4/c1-2-35-25-13-7-22(8-14-25)29-27(34)20-3-5-21(6-4-20)28-26(33)19-30-15-17-31(18-16-30)23-9-11-24(32)12-10-23/h3-14,32H,2,15-19H2,1H3,(H,28,33)(H,29,34). The normalized spacial score (nSPS) is 13.8. The van der Waals surface area contributed by atoms with Crippen molar-refractivity contribution in [3.8, 4) is 11.5 Å². The molecular formula is C27H30N4O4. The number of carbonyl (C=O) groups is 2. The Balaban J connectivity index is 1.23. The number of piperazine rings is 1. The van der Waals surface area contributed by atoms with E-state index < -0.39 is 0 Å². The van der Waals surface area contributed by atoms with Crippen molar-refractivity contribution < 1.29 is 19.4 Å². The van der Waals surface area contributed by atoms with E-state index >= 15 is 0 Å². The van der Waals surface area contributed by atoms with Gasteiger partial charge in [-0.1, -0.05) is 0 Å². The summed E-state index contributed by atoms with van der Waals surface area (Å²) in [6.45, 7) is 6.00. The van der Waals surface area contributed by atoms with Crippen molar-refractivity contribution in [2.75, 3.05) is 54.9 Å². The van der Waals surface area contributed by atoms with Crippen LogP contribution >= 0.6 is 0 Å². The summed E-state index contributed by atoms with van der Waals surface area (Å²) in [5.74, 6) is 0.698. The van der Waals surface area contributed by atoms with E-state index in [1.165, 1.54) is 0 Å². The first kappa shape index (κ1) is 24.1. The largest absolute Gasteiger partial charge is 0.508 e. The molecule has 182 valence electrons. The van der Waals surface area contributed by atoms with Crippen LogP contribution in [-0.2, 0) is 4.79 Å². The fourth-order valence-electron chi connectivity index (χ4n) is 3.94. The van der Waals surface area contributed by atoms with Crippen LogP contribution in [0.1, 0.15) is 17.3 Å². The Morgan fingerprint density at radius 1 is 0.829 bits per heavy atom. The Hall–Kier alpha value is -4.04. The predicted molar refractivity (Wildman–Crippen MR) is 137 cm³/mol. The molecule has 3 aromatic rings. The van der Waals surface area contributed by atoms with Gasteiger partial charge in [0.2, 0.25) is 5.91 Å². The lowest BCUT2D eigenvalue weighted by Crippen LogP contribution is -2.48. The van der Waals surface area contributed by atoms with Crippen molar-refractivity contribution in [3.63, 3.8) is 0 Å². The monoisotopic (exact) mass is 474 g/mol. The predicted octanol–water partition coefficient (Wildman–Crippen LogP) is 3.80. The van der Waals surface area contributed by atoms with Crippen LogP contribution in [-0.4, -0.2) is 61.2 Å². The Bertz CT molecular complexity index is 1120. The van der Waals surface area contributed by atoms with Gasteiger partial charge in [0.1, 0.15) is 11.5 Å². The lowest BCUT2D eigenvalue weighted by atomic mass is 10.2. The van der Waals surface area contributed by atoms with E-state index in [-0.39, 0.29) is 17.6 Å². The first-order valence-corrected chi connectivity index (χ1v) is 11.7. The number of phenolic OH excluding ortho intramolecular Hbond substituents is 1. The SMILES string of the molecule is CCOc1ccc(NC(=O)c2ccc(NC(=O)CN3CCN(c4ccc(O)cc4)CC3)cc2)cc1. The van der Waals surface area contributed by atoms with Crippen LogP contribution in [0.2, 0.25) is 0 Å². The van der Waals surface area contributed by atoms with Gasteiger partial charge in [-0.3, -0.25) is 14.5 Å². The van der Waals surface area contributed by atoms with Crippen LogP contribution in [0.5, 0.6) is 11.5 Å². The van der Waals surface area contributed by atoms with Crippen molar-refractivity contribution in [2.45, 2.75) is 6.92 Å². The minimum atomic E-state index is -0.224. The highest BCUT2D eigenvalue weighted by Gasteiger charge is 2.19. The molecule has 2 amide bonds. The van der Waals surface area contributed by atoms with Crippen molar-refractivity contribution in [1.82, 2.24) is 4.90 Å². The van der Waals surface area contributed by atoms with Crippen LogP contribution in [0.15, 0.2) is 72.8 Å². The Morgan fingerprint density at radius 3 is 2.06 bits per heavy atom. The molecule has 0 unspecified atom stereocenters. The van der Waals surface area contributed by atoms with Crippen LogP contribution in [0, 0.1) is 0 Å². The van der Waals surface area contributed by atoms with E-state index in [0.29, 0.717) is 30.1 Å². The smallest absolute Gasteiger partial charge is 0.255 e. The summed E-state index contributed by atoms with van der Waals surface area (Å²) in [7, 11) is 0. The number of hydrogen-bond acceptors (Lipinski definition) is 6. The van der Waals surface area contributed by atoms with Crippen molar-refractivity contribution in [2.24, 2.45) is 0 Å². The molecule has 0 saturated carbocycles. The molecule has 35 heavy (non-hydrogen) atoms. The summed E-state index contributed by atoms with van der Waals surface area (Å²) in [5.41, 5.74) is 2.90. The van der Waals surface area contributed by atoms with Gasteiger partial charge in [-0.2, -0.15) is 0 Å². The number of rotatable bonds is 8. The number of amides is 2. The first-order valence-electron chi connectivity index (χ1n) is 11.7. The zero-order valence-corrected chi connectivity index (χ0v) is 19.7. The van der Waals surface area contributed by atoms with Crippen molar-refractivity contribution >= 4 is 28.9 Å². The third-order valence-electron chi connectivity index (χ3n) is 5.81. The number of nitrogens with zero attached hydrogens (tertiary/aromatic N) is 2. The average Bonchev–Trinajstić information content (AvgIpc) is 2.87. The summed E-state index contributed by atoms with van der Waals surface area (Å²) in [6.07, 6.45) is 0. The van der Waals surface area contributed by atoms with Gasteiger partial charge in [0.25, 0.3) is 5.91 Å². The van der Waals surface area contributed by atoms with Gasteiger partial charge in [0.05, 0.1) is 13.2 Å². The highest BCUT2D eigenvalue weighted by molar-refractivity contribution is 6.04.